The van der Waals surface area contributed by atoms with Crippen LogP contribution in [0.5, 0.6) is 5.75 Å². The molecule has 0 saturated carbocycles. The standard InChI is InChI=1S/C42H48N8O4/c1-52-35-17-18-38-37(29-35)34(30-47-38)19-21-44-40-48-41(45-22-20-36(31-11-5-2-6-12-31)32-13-7-3-8-14-32)50-42(49-40)46-24-26-54-28-27-53-25-23-43-39(51)33-15-9-4-10-16-33/h2-18,29-30,36,47H,19-28H2,1H3,(H,43,51)(H3,44,45,46,48,49,50). The van der Waals surface area contributed by atoms with Crippen molar-refractivity contribution in [2.45, 2.75) is 18.8 Å². The minimum absolute atomic E-state index is 0.115. The summed E-state index contributed by atoms with van der Waals surface area (Å²) in [6.45, 7) is 3.89. The molecule has 0 fully saturated rings. The Morgan fingerprint density at radius 1 is 0.667 bits per heavy atom. The fraction of sp³-hybridized carbons (Fsp3) is 0.286. The summed E-state index contributed by atoms with van der Waals surface area (Å²) < 4.78 is 16.8. The summed E-state index contributed by atoms with van der Waals surface area (Å²) in [5.74, 6) is 2.34. The zero-order chi connectivity index (χ0) is 37.2. The number of hydrogen-bond donors (Lipinski definition) is 5. The molecule has 0 bridgehead atoms. The van der Waals surface area contributed by atoms with Gasteiger partial charge in [0.15, 0.2) is 0 Å². The molecule has 0 atom stereocenters. The number of carbonyl (C=O) groups excluding carboxylic acids is 1. The summed E-state index contributed by atoms with van der Waals surface area (Å²) in [5.41, 5.74) is 5.40. The zero-order valence-electron chi connectivity index (χ0n) is 30.6. The van der Waals surface area contributed by atoms with E-state index < -0.39 is 0 Å². The minimum atomic E-state index is -0.115. The molecular weight excluding hydrogens is 681 g/mol. The first-order valence-corrected chi connectivity index (χ1v) is 18.4. The summed E-state index contributed by atoms with van der Waals surface area (Å²) in [7, 11) is 1.68. The molecule has 1 amide bonds. The van der Waals surface area contributed by atoms with Crippen LogP contribution < -0.4 is 26.0 Å². The smallest absolute Gasteiger partial charge is 0.251 e. The average molecular weight is 729 g/mol. The average Bonchev–Trinajstić information content (AvgIpc) is 3.63. The topological polar surface area (TPSA) is 147 Å². The van der Waals surface area contributed by atoms with Crippen molar-refractivity contribution in [1.82, 2.24) is 25.3 Å². The number of benzene rings is 4. The van der Waals surface area contributed by atoms with Gasteiger partial charge >= 0.3 is 0 Å². The van der Waals surface area contributed by atoms with Gasteiger partial charge in [0.05, 0.1) is 33.5 Å². The highest BCUT2D eigenvalue weighted by Gasteiger charge is 2.15. The van der Waals surface area contributed by atoms with Crippen LogP contribution in [-0.2, 0) is 15.9 Å². The predicted molar refractivity (Wildman–Crippen MR) is 214 cm³/mol. The van der Waals surface area contributed by atoms with Crippen molar-refractivity contribution in [3.05, 3.63) is 138 Å². The Bertz CT molecular complexity index is 1970. The van der Waals surface area contributed by atoms with Crippen molar-refractivity contribution in [2.75, 3.05) is 75.7 Å². The molecule has 0 spiro atoms. The zero-order valence-corrected chi connectivity index (χ0v) is 30.6. The van der Waals surface area contributed by atoms with E-state index in [4.69, 9.17) is 19.2 Å². The molecular formula is C42H48N8O4. The van der Waals surface area contributed by atoms with Gasteiger partial charge in [-0.15, -0.1) is 0 Å². The molecule has 12 nitrogen and oxygen atoms in total. The van der Waals surface area contributed by atoms with Gasteiger partial charge in [0, 0.05) is 54.8 Å². The lowest BCUT2D eigenvalue weighted by Crippen LogP contribution is -2.27. The molecule has 0 radical (unpaired) electrons. The molecule has 4 aromatic carbocycles. The van der Waals surface area contributed by atoms with Gasteiger partial charge in [-0.2, -0.15) is 15.0 Å². The summed E-state index contributed by atoms with van der Waals surface area (Å²) >= 11 is 0. The molecule has 0 aliphatic heterocycles. The third-order valence-corrected chi connectivity index (χ3v) is 8.88. The molecule has 5 N–H and O–H groups in total. The summed E-state index contributed by atoms with van der Waals surface area (Å²) in [5, 5.41) is 14.1. The molecule has 0 unspecified atom stereocenters. The molecule has 54 heavy (non-hydrogen) atoms. The van der Waals surface area contributed by atoms with Gasteiger partial charge < -0.3 is 40.5 Å². The number of carbonyl (C=O) groups is 1. The second-order valence-corrected chi connectivity index (χ2v) is 12.6. The maximum atomic E-state index is 12.1. The number of ether oxygens (including phenoxy) is 3. The first kappa shape index (κ1) is 37.8. The maximum Gasteiger partial charge on any atom is 0.251 e. The predicted octanol–water partition coefficient (Wildman–Crippen LogP) is 6.53. The third kappa shape index (κ3) is 11.3. The van der Waals surface area contributed by atoms with Crippen LogP contribution in [0.2, 0.25) is 0 Å². The Labute approximate surface area is 316 Å². The van der Waals surface area contributed by atoms with Crippen LogP contribution in [0.1, 0.15) is 39.4 Å². The number of anilines is 3. The molecule has 0 aliphatic rings. The Kier molecular flexibility index (Phi) is 14.2. The van der Waals surface area contributed by atoms with Crippen molar-refractivity contribution in [3.8, 4) is 5.75 Å². The van der Waals surface area contributed by atoms with Crippen LogP contribution in [0.3, 0.4) is 0 Å². The second kappa shape index (κ2) is 20.3. The van der Waals surface area contributed by atoms with Gasteiger partial charge in [-0.3, -0.25) is 4.79 Å². The maximum absolute atomic E-state index is 12.1. The first-order chi connectivity index (χ1) is 26.7. The van der Waals surface area contributed by atoms with Crippen LogP contribution >= 0.6 is 0 Å². The van der Waals surface area contributed by atoms with Gasteiger partial charge in [-0.1, -0.05) is 78.9 Å². The van der Waals surface area contributed by atoms with Crippen molar-refractivity contribution in [2.24, 2.45) is 0 Å². The van der Waals surface area contributed by atoms with E-state index in [9.17, 15) is 4.79 Å². The number of fused-ring (bicyclic) bond motifs is 1. The monoisotopic (exact) mass is 728 g/mol. The second-order valence-electron chi connectivity index (χ2n) is 12.6. The Morgan fingerprint density at radius 3 is 1.87 bits per heavy atom. The van der Waals surface area contributed by atoms with Gasteiger partial charge in [0.2, 0.25) is 17.8 Å². The number of aromatic amines is 1. The molecule has 2 aromatic heterocycles. The number of nitrogens with zero attached hydrogens (tertiary/aromatic N) is 3. The lowest BCUT2D eigenvalue weighted by atomic mass is 9.88. The normalized spacial score (nSPS) is 11.1. The number of H-pyrrole nitrogens is 1. The van der Waals surface area contributed by atoms with Crippen molar-refractivity contribution < 1.29 is 19.0 Å². The van der Waals surface area contributed by atoms with Crippen LogP contribution in [0.4, 0.5) is 17.8 Å². The van der Waals surface area contributed by atoms with Crippen LogP contribution in [0, 0.1) is 0 Å². The van der Waals surface area contributed by atoms with E-state index in [0.29, 0.717) is 76.0 Å². The number of rotatable bonds is 22. The van der Waals surface area contributed by atoms with E-state index in [-0.39, 0.29) is 11.8 Å². The molecule has 0 saturated heterocycles. The van der Waals surface area contributed by atoms with Crippen LogP contribution in [0.15, 0.2) is 115 Å². The van der Waals surface area contributed by atoms with E-state index in [1.165, 1.54) is 16.7 Å². The third-order valence-electron chi connectivity index (χ3n) is 8.88. The lowest BCUT2D eigenvalue weighted by Gasteiger charge is -2.19. The Morgan fingerprint density at radius 2 is 1.24 bits per heavy atom. The lowest BCUT2D eigenvalue weighted by molar-refractivity contribution is 0.0519. The van der Waals surface area contributed by atoms with Crippen molar-refractivity contribution >= 4 is 34.7 Å². The SMILES string of the molecule is COc1ccc2[nH]cc(CCNc3nc(NCCOCCOCCNC(=O)c4ccccc4)nc(NCCC(c4ccccc4)c4ccccc4)n3)c2c1. The Hall–Kier alpha value is -5.98. The molecule has 280 valence electrons. The van der Waals surface area contributed by atoms with Crippen LogP contribution in [0.25, 0.3) is 10.9 Å². The first-order valence-electron chi connectivity index (χ1n) is 18.4. The number of aromatic nitrogens is 4. The van der Waals surface area contributed by atoms with E-state index in [1.807, 2.05) is 54.7 Å². The highest BCUT2D eigenvalue weighted by molar-refractivity contribution is 5.94. The van der Waals surface area contributed by atoms with Gasteiger partial charge in [-0.25, -0.2) is 0 Å². The molecule has 2 heterocycles. The molecule has 0 aliphatic carbocycles. The summed E-state index contributed by atoms with van der Waals surface area (Å²) in [6.07, 6.45) is 3.64. The number of hydrogen-bond acceptors (Lipinski definition) is 10. The van der Waals surface area contributed by atoms with Gasteiger partial charge in [0.1, 0.15) is 5.75 Å². The number of nitrogens with one attached hydrogen (secondary N) is 5. The fourth-order valence-corrected chi connectivity index (χ4v) is 6.12. The van der Waals surface area contributed by atoms with E-state index >= 15 is 0 Å². The van der Waals surface area contributed by atoms with Crippen LogP contribution in [-0.4, -0.2) is 85.6 Å². The van der Waals surface area contributed by atoms with Gasteiger partial charge in [0.25, 0.3) is 5.91 Å². The van der Waals surface area contributed by atoms with E-state index in [1.54, 1.807) is 19.2 Å². The Balaban J connectivity index is 1.01. The highest BCUT2D eigenvalue weighted by Crippen LogP contribution is 2.28. The molecule has 12 heteroatoms. The van der Waals surface area contributed by atoms with E-state index in [0.717, 1.165) is 29.5 Å². The quantitative estimate of drug-likeness (QED) is 0.0490. The fourth-order valence-electron chi connectivity index (χ4n) is 6.12. The van der Waals surface area contributed by atoms with Crippen molar-refractivity contribution in [3.63, 3.8) is 0 Å². The van der Waals surface area contributed by atoms with Gasteiger partial charge in [-0.05, 0) is 59.9 Å². The highest BCUT2D eigenvalue weighted by atomic mass is 16.5. The molecule has 6 rings (SSSR count). The summed E-state index contributed by atoms with van der Waals surface area (Å²) in [4.78, 5) is 29.5. The minimum Gasteiger partial charge on any atom is -0.497 e. The summed E-state index contributed by atoms with van der Waals surface area (Å²) in [6, 6.07) is 36.3. The molecule has 6 aromatic rings. The number of amides is 1. The largest absolute Gasteiger partial charge is 0.497 e. The number of methoxy groups -OCH3 is 1. The van der Waals surface area contributed by atoms with E-state index in [2.05, 4.69) is 84.8 Å². The van der Waals surface area contributed by atoms with Crippen molar-refractivity contribution in [1.29, 1.82) is 0 Å².